The smallest absolute Gasteiger partial charge is 0.243 e. The summed E-state index contributed by atoms with van der Waals surface area (Å²) < 4.78 is 0. The van der Waals surface area contributed by atoms with Gasteiger partial charge in [0.05, 0.1) is 6.04 Å². The molecule has 1 aliphatic carbocycles. The van der Waals surface area contributed by atoms with E-state index in [2.05, 4.69) is 30.2 Å². The fraction of sp³-hybridized carbons (Fsp3) is 0.286. The minimum absolute atomic E-state index is 0.0380. The fourth-order valence-corrected chi connectivity index (χ4v) is 6.03. The number of hydrogen-bond acceptors (Lipinski definition) is 3. The summed E-state index contributed by atoms with van der Waals surface area (Å²) in [7, 11) is 0. The molecule has 0 radical (unpaired) electrons. The molecule has 0 saturated heterocycles. The van der Waals surface area contributed by atoms with E-state index in [1.165, 1.54) is 16.0 Å². The Morgan fingerprint density at radius 3 is 2.59 bits per heavy atom. The van der Waals surface area contributed by atoms with Crippen molar-refractivity contribution >= 4 is 34.8 Å². The third-order valence-electron chi connectivity index (χ3n) is 6.79. The van der Waals surface area contributed by atoms with Gasteiger partial charge >= 0.3 is 0 Å². The van der Waals surface area contributed by atoms with Crippen molar-refractivity contribution in [1.82, 2.24) is 9.80 Å². The molecule has 3 unspecified atom stereocenters. The predicted octanol–water partition coefficient (Wildman–Crippen LogP) is 5.69. The highest BCUT2D eigenvalue weighted by molar-refractivity contribution is 7.10. The number of fused-ring (bicyclic) bond motifs is 1. The molecule has 2 aliphatic rings. The zero-order chi connectivity index (χ0) is 23.7. The van der Waals surface area contributed by atoms with Gasteiger partial charge in [0.25, 0.3) is 0 Å². The average Bonchev–Trinajstić information content (AvgIpc) is 3.52. The van der Waals surface area contributed by atoms with Crippen LogP contribution in [0.3, 0.4) is 0 Å². The molecule has 6 heteroatoms. The number of carbonyl (C=O) groups is 2. The summed E-state index contributed by atoms with van der Waals surface area (Å²) in [5.74, 6) is 0.176. The Kier molecular flexibility index (Phi) is 6.57. The van der Waals surface area contributed by atoms with Crippen LogP contribution in [0.15, 0.2) is 78.7 Å². The van der Waals surface area contributed by atoms with Crippen LogP contribution < -0.4 is 0 Å². The summed E-state index contributed by atoms with van der Waals surface area (Å²) >= 11 is 7.86. The molecular weight excluding hydrogens is 464 g/mol. The second kappa shape index (κ2) is 9.77. The minimum Gasteiger partial charge on any atom is -0.330 e. The van der Waals surface area contributed by atoms with Crippen LogP contribution in [-0.2, 0) is 16.0 Å². The fourth-order valence-electron chi connectivity index (χ4n) is 5.00. The molecule has 0 spiro atoms. The number of hydrogen-bond donors (Lipinski definition) is 0. The molecule has 34 heavy (non-hydrogen) atoms. The van der Waals surface area contributed by atoms with Crippen molar-refractivity contribution in [2.45, 2.75) is 24.8 Å². The van der Waals surface area contributed by atoms with E-state index in [9.17, 15) is 9.59 Å². The summed E-state index contributed by atoms with van der Waals surface area (Å²) in [6.45, 7) is 4.88. The van der Waals surface area contributed by atoms with Crippen LogP contribution in [0.5, 0.6) is 0 Å². The van der Waals surface area contributed by atoms with Gasteiger partial charge in [-0.2, -0.15) is 0 Å². The number of rotatable bonds is 7. The molecule has 0 N–H and O–H groups in total. The molecular formula is C28H27ClN2O2S. The van der Waals surface area contributed by atoms with Crippen LogP contribution in [0, 0.1) is 5.92 Å². The van der Waals surface area contributed by atoms with Gasteiger partial charge in [-0.05, 0) is 59.0 Å². The lowest BCUT2D eigenvalue weighted by atomic mass is 9.93. The van der Waals surface area contributed by atoms with E-state index in [4.69, 9.17) is 11.6 Å². The highest BCUT2D eigenvalue weighted by Gasteiger charge is 2.46. The Balaban J connectivity index is 1.35. The molecule has 1 aromatic heterocycles. The molecule has 1 saturated carbocycles. The van der Waals surface area contributed by atoms with Crippen LogP contribution >= 0.6 is 22.9 Å². The van der Waals surface area contributed by atoms with Crippen molar-refractivity contribution in [1.29, 1.82) is 0 Å². The zero-order valence-electron chi connectivity index (χ0n) is 18.9. The van der Waals surface area contributed by atoms with Gasteiger partial charge in [0.2, 0.25) is 11.8 Å². The number of amides is 2. The van der Waals surface area contributed by atoms with Gasteiger partial charge in [-0.1, -0.05) is 60.1 Å². The van der Waals surface area contributed by atoms with Crippen LogP contribution in [0.1, 0.15) is 39.9 Å². The number of thiophene rings is 1. The Labute approximate surface area is 209 Å². The lowest BCUT2D eigenvalue weighted by Gasteiger charge is -2.37. The summed E-state index contributed by atoms with van der Waals surface area (Å²) in [6.07, 6.45) is 3.37. The Morgan fingerprint density at radius 2 is 1.85 bits per heavy atom. The Hall–Kier alpha value is -2.89. The third kappa shape index (κ3) is 4.55. The van der Waals surface area contributed by atoms with E-state index in [0.29, 0.717) is 18.1 Å². The van der Waals surface area contributed by atoms with Crippen molar-refractivity contribution in [3.05, 3.63) is 105 Å². The lowest BCUT2D eigenvalue weighted by molar-refractivity contribution is -0.142. The van der Waals surface area contributed by atoms with Crippen molar-refractivity contribution in [2.24, 2.45) is 5.92 Å². The van der Waals surface area contributed by atoms with Gasteiger partial charge in [-0.25, -0.2) is 0 Å². The van der Waals surface area contributed by atoms with E-state index >= 15 is 0 Å². The van der Waals surface area contributed by atoms with Gasteiger partial charge < -0.3 is 9.80 Å². The Bertz CT molecular complexity index is 1190. The van der Waals surface area contributed by atoms with E-state index in [1.54, 1.807) is 22.3 Å². The van der Waals surface area contributed by atoms with Crippen LogP contribution in [0.4, 0.5) is 0 Å². The quantitative estimate of drug-likeness (QED) is 0.399. The largest absolute Gasteiger partial charge is 0.330 e. The third-order valence-corrected chi connectivity index (χ3v) is 8.04. The van der Waals surface area contributed by atoms with Crippen molar-refractivity contribution in [3.8, 4) is 0 Å². The molecule has 5 rings (SSSR count). The van der Waals surface area contributed by atoms with E-state index < -0.39 is 0 Å². The maximum atomic E-state index is 13.6. The summed E-state index contributed by atoms with van der Waals surface area (Å²) in [5.41, 5.74) is 3.39. The topological polar surface area (TPSA) is 40.6 Å². The lowest BCUT2D eigenvalue weighted by Crippen LogP contribution is -2.47. The van der Waals surface area contributed by atoms with E-state index in [0.717, 1.165) is 18.4 Å². The van der Waals surface area contributed by atoms with Crippen LogP contribution in [-0.4, -0.2) is 41.2 Å². The van der Waals surface area contributed by atoms with Crippen molar-refractivity contribution < 1.29 is 9.59 Å². The molecule has 1 aliphatic heterocycles. The first kappa shape index (κ1) is 22.9. The van der Waals surface area contributed by atoms with Gasteiger partial charge in [0.1, 0.15) is 6.54 Å². The number of benzene rings is 2. The monoisotopic (exact) mass is 490 g/mol. The second-order valence-electron chi connectivity index (χ2n) is 8.96. The maximum absolute atomic E-state index is 13.6. The molecule has 4 nitrogen and oxygen atoms in total. The standard InChI is InChI=1S/C28H27ClN2O2S/c1-2-14-30(28(33)24-17-23(24)19-6-4-3-5-7-19)18-26(32)31-15-12-25-22(13-16-34-25)27(31)20-8-10-21(29)11-9-20/h2-11,13,16,23-24,27H,1,12,14-15,17-18H2. The predicted molar refractivity (Wildman–Crippen MR) is 137 cm³/mol. The van der Waals surface area contributed by atoms with Crippen LogP contribution in [0.25, 0.3) is 0 Å². The molecule has 3 aromatic rings. The summed E-state index contributed by atoms with van der Waals surface area (Å²) in [6, 6.07) is 19.8. The number of halogens is 1. The zero-order valence-corrected chi connectivity index (χ0v) is 20.5. The molecule has 174 valence electrons. The molecule has 0 bridgehead atoms. The highest BCUT2D eigenvalue weighted by Crippen LogP contribution is 2.48. The normalized spacial score (nSPS) is 21.0. The second-order valence-corrected chi connectivity index (χ2v) is 10.4. The first-order valence-corrected chi connectivity index (χ1v) is 12.9. The Morgan fingerprint density at radius 1 is 1.09 bits per heavy atom. The SMILES string of the molecule is C=CCN(CC(=O)N1CCc2sccc2C1c1ccc(Cl)cc1)C(=O)C1CC1c1ccccc1. The van der Waals surface area contributed by atoms with E-state index in [-0.39, 0.29) is 36.2 Å². The maximum Gasteiger partial charge on any atom is 0.243 e. The summed E-state index contributed by atoms with van der Waals surface area (Å²) in [4.78, 5) is 31.9. The van der Waals surface area contributed by atoms with Gasteiger partial charge in [0.15, 0.2) is 0 Å². The molecule has 2 aromatic carbocycles. The molecule has 3 atom stereocenters. The highest BCUT2D eigenvalue weighted by atomic mass is 35.5. The van der Waals surface area contributed by atoms with Crippen molar-refractivity contribution in [3.63, 3.8) is 0 Å². The minimum atomic E-state index is -0.168. The molecule has 2 amide bonds. The van der Waals surface area contributed by atoms with E-state index in [1.807, 2.05) is 47.4 Å². The molecule has 2 heterocycles. The van der Waals surface area contributed by atoms with Crippen molar-refractivity contribution in [2.75, 3.05) is 19.6 Å². The van der Waals surface area contributed by atoms with Gasteiger partial charge in [-0.15, -0.1) is 17.9 Å². The molecule has 1 fully saturated rings. The summed E-state index contributed by atoms with van der Waals surface area (Å²) in [5, 5.41) is 2.76. The average molecular weight is 491 g/mol. The van der Waals surface area contributed by atoms with Crippen LogP contribution in [0.2, 0.25) is 5.02 Å². The first-order chi connectivity index (χ1) is 16.6. The van der Waals surface area contributed by atoms with Gasteiger partial charge in [0, 0.05) is 28.9 Å². The number of carbonyl (C=O) groups excluding carboxylic acids is 2. The first-order valence-electron chi connectivity index (χ1n) is 11.6. The van der Waals surface area contributed by atoms with Gasteiger partial charge in [-0.3, -0.25) is 9.59 Å². The number of nitrogens with zero attached hydrogens (tertiary/aromatic N) is 2.